The van der Waals surface area contributed by atoms with Crippen molar-refractivity contribution >= 4 is 28.9 Å². The zero-order chi connectivity index (χ0) is 29.9. The zero-order valence-electron chi connectivity index (χ0n) is 24.5. The van der Waals surface area contributed by atoms with E-state index in [1.54, 1.807) is 12.1 Å². The lowest BCUT2D eigenvalue weighted by Gasteiger charge is -2.41. The molecule has 0 spiro atoms. The van der Waals surface area contributed by atoms with Crippen LogP contribution in [0.3, 0.4) is 0 Å². The fourth-order valence-electron chi connectivity index (χ4n) is 6.05. The number of rotatable bonds is 9. The Labute approximate surface area is 247 Å². The van der Waals surface area contributed by atoms with Crippen molar-refractivity contribution in [2.24, 2.45) is 11.3 Å². The van der Waals surface area contributed by atoms with E-state index < -0.39 is 18.1 Å². The van der Waals surface area contributed by atoms with Crippen LogP contribution in [0.2, 0.25) is 0 Å². The standard InChI is InChI=1S/C34H40N4O4/c1-34(2,3)26-17-19-27(20-18-26)37(21-24-13-15-25(16-14-24)30(39)36-31(40)32(41)42)33-35-28-11-7-8-12-29(28)38(33)22-23-9-5-4-6-10-23/h4-16,26-27,31,40H,17-22H2,1-3H3,(H,36,39)(H,41,42). The molecule has 220 valence electrons. The first-order valence-electron chi connectivity index (χ1n) is 14.7. The molecule has 1 heterocycles. The van der Waals surface area contributed by atoms with Gasteiger partial charge in [-0.25, -0.2) is 9.78 Å². The first-order chi connectivity index (χ1) is 20.1. The summed E-state index contributed by atoms with van der Waals surface area (Å²) in [5.41, 5.74) is 4.84. The molecule has 1 amide bonds. The lowest BCUT2D eigenvalue weighted by Crippen LogP contribution is -2.41. The summed E-state index contributed by atoms with van der Waals surface area (Å²) in [7, 11) is 0. The first-order valence-corrected chi connectivity index (χ1v) is 14.7. The number of aliphatic carboxylic acids is 1. The summed E-state index contributed by atoms with van der Waals surface area (Å²) in [5, 5.41) is 20.5. The number of carboxylic acids is 1. The molecule has 0 saturated heterocycles. The SMILES string of the molecule is CC(C)(C)C1CCC(N(Cc2ccc(C(=O)NC(O)C(=O)O)cc2)c2nc3ccccc3n2Cc2ccccc2)CC1. The van der Waals surface area contributed by atoms with Gasteiger partial charge >= 0.3 is 5.97 Å². The Morgan fingerprint density at radius 3 is 2.21 bits per heavy atom. The molecule has 8 nitrogen and oxygen atoms in total. The number of nitrogens with one attached hydrogen (secondary N) is 1. The summed E-state index contributed by atoms with van der Waals surface area (Å²) in [6, 6.07) is 26.1. The third kappa shape index (κ3) is 6.65. The Kier molecular flexibility index (Phi) is 8.64. The molecule has 42 heavy (non-hydrogen) atoms. The zero-order valence-corrected chi connectivity index (χ0v) is 24.5. The molecule has 1 fully saturated rings. The maximum Gasteiger partial charge on any atom is 0.353 e. The summed E-state index contributed by atoms with van der Waals surface area (Å²) in [6.45, 7) is 8.32. The highest BCUT2D eigenvalue weighted by molar-refractivity contribution is 5.96. The van der Waals surface area contributed by atoms with E-state index in [0.29, 0.717) is 25.0 Å². The van der Waals surface area contributed by atoms with Crippen LogP contribution in [0.1, 0.15) is 67.9 Å². The second kappa shape index (κ2) is 12.4. The second-order valence-corrected chi connectivity index (χ2v) is 12.4. The van der Waals surface area contributed by atoms with Crippen LogP contribution in [0.25, 0.3) is 11.0 Å². The predicted octanol–water partition coefficient (Wildman–Crippen LogP) is 5.83. The smallest absolute Gasteiger partial charge is 0.353 e. The number of aliphatic hydroxyl groups is 1. The Hall–Kier alpha value is -4.17. The number of nitrogens with zero attached hydrogens (tertiary/aromatic N) is 3. The number of anilines is 1. The Bertz CT molecular complexity index is 1520. The van der Waals surface area contributed by atoms with Crippen molar-refractivity contribution in [1.82, 2.24) is 14.9 Å². The number of benzene rings is 3. The van der Waals surface area contributed by atoms with Crippen LogP contribution in [0.5, 0.6) is 0 Å². The average Bonchev–Trinajstić information content (AvgIpc) is 3.34. The molecule has 1 saturated carbocycles. The number of aromatic nitrogens is 2. The van der Waals surface area contributed by atoms with E-state index in [1.807, 2.05) is 24.3 Å². The van der Waals surface area contributed by atoms with Gasteiger partial charge in [-0.15, -0.1) is 0 Å². The number of hydrogen-bond donors (Lipinski definition) is 3. The number of carbonyl (C=O) groups excluding carboxylic acids is 1. The molecule has 1 aliphatic rings. The molecule has 1 aromatic heterocycles. The monoisotopic (exact) mass is 568 g/mol. The minimum Gasteiger partial charge on any atom is -0.478 e. The molecule has 1 atom stereocenters. The van der Waals surface area contributed by atoms with Gasteiger partial charge in [0.2, 0.25) is 12.2 Å². The average molecular weight is 569 g/mol. The van der Waals surface area contributed by atoms with Gasteiger partial charge in [-0.3, -0.25) is 4.79 Å². The molecule has 0 aliphatic heterocycles. The second-order valence-electron chi connectivity index (χ2n) is 12.4. The van der Waals surface area contributed by atoms with Gasteiger partial charge in [0.15, 0.2) is 0 Å². The maximum atomic E-state index is 12.4. The summed E-state index contributed by atoms with van der Waals surface area (Å²) in [4.78, 5) is 31.0. The highest BCUT2D eigenvalue weighted by atomic mass is 16.4. The van der Waals surface area contributed by atoms with E-state index in [0.717, 1.165) is 48.2 Å². The highest BCUT2D eigenvalue weighted by Gasteiger charge is 2.34. The fourth-order valence-corrected chi connectivity index (χ4v) is 6.05. The number of carboxylic acid groups (broad SMARTS) is 1. The van der Waals surface area contributed by atoms with E-state index in [-0.39, 0.29) is 11.0 Å². The maximum absolute atomic E-state index is 12.4. The topological polar surface area (TPSA) is 108 Å². The first kappa shape index (κ1) is 29.3. The van der Waals surface area contributed by atoms with Gasteiger partial charge in [-0.05, 0) is 72.4 Å². The minimum atomic E-state index is -1.95. The molecule has 8 heteroatoms. The van der Waals surface area contributed by atoms with Gasteiger partial charge in [0, 0.05) is 18.2 Å². The van der Waals surface area contributed by atoms with Crippen LogP contribution < -0.4 is 10.2 Å². The minimum absolute atomic E-state index is 0.279. The van der Waals surface area contributed by atoms with Gasteiger partial charge < -0.3 is 25.0 Å². The van der Waals surface area contributed by atoms with E-state index in [9.17, 15) is 14.7 Å². The largest absolute Gasteiger partial charge is 0.478 e. The van der Waals surface area contributed by atoms with Crippen molar-refractivity contribution < 1.29 is 19.8 Å². The summed E-state index contributed by atoms with van der Waals surface area (Å²) < 4.78 is 2.32. The highest BCUT2D eigenvalue weighted by Crippen LogP contribution is 2.40. The molecule has 5 rings (SSSR count). The predicted molar refractivity (Wildman–Crippen MR) is 164 cm³/mol. The number of carbonyl (C=O) groups is 2. The third-order valence-corrected chi connectivity index (χ3v) is 8.51. The number of para-hydroxylation sites is 2. The molecule has 4 aromatic rings. The van der Waals surface area contributed by atoms with Crippen LogP contribution in [0.15, 0.2) is 78.9 Å². The van der Waals surface area contributed by atoms with Gasteiger partial charge in [-0.1, -0.05) is 75.4 Å². The van der Waals surface area contributed by atoms with Crippen LogP contribution >= 0.6 is 0 Å². The van der Waals surface area contributed by atoms with Crippen LogP contribution in [-0.4, -0.2) is 43.9 Å². The fraction of sp³-hybridized carbons (Fsp3) is 0.382. The molecular formula is C34H40N4O4. The van der Waals surface area contributed by atoms with Crippen molar-refractivity contribution in [3.8, 4) is 0 Å². The third-order valence-electron chi connectivity index (χ3n) is 8.51. The summed E-state index contributed by atoms with van der Waals surface area (Å²) in [6.07, 6.45) is 2.52. The van der Waals surface area contributed by atoms with Crippen LogP contribution in [0, 0.1) is 11.3 Å². The van der Waals surface area contributed by atoms with Crippen LogP contribution in [-0.2, 0) is 17.9 Å². The number of imidazole rings is 1. The Balaban J connectivity index is 1.48. The number of aliphatic hydroxyl groups excluding tert-OH is 1. The van der Waals surface area contributed by atoms with Crippen molar-refractivity contribution in [3.05, 3.63) is 95.6 Å². The molecule has 0 bridgehead atoms. The molecule has 1 aliphatic carbocycles. The van der Waals surface area contributed by atoms with Gasteiger partial charge in [0.1, 0.15) is 0 Å². The van der Waals surface area contributed by atoms with Crippen molar-refractivity contribution in [2.45, 2.75) is 71.8 Å². The van der Waals surface area contributed by atoms with E-state index in [1.165, 1.54) is 5.56 Å². The van der Waals surface area contributed by atoms with E-state index in [4.69, 9.17) is 10.1 Å². The Morgan fingerprint density at radius 2 is 1.57 bits per heavy atom. The van der Waals surface area contributed by atoms with Crippen LogP contribution in [0.4, 0.5) is 5.95 Å². The normalized spacial score (nSPS) is 18.0. The molecular weight excluding hydrogens is 528 g/mol. The number of amides is 1. The Morgan fingerprint density at radius 1 is 0.929 bits per heavy atom. The van der Waals surface area contributed by atoms with Gasteiger partial charge in [0.25, 0.3) is 5.91 Å². The van der Waals surface area contributed by atoms with Crippen molar-refractivity contribution in [2.75, 3.05) is 4.90 Å². The number of hydrogen-bond acceptors (Lipinski definition) is 5. The lowest BCUT2D eigenvalue weighted by molar-refractivity contribution is -0.147. The molecule has 1 unspecified atom stereocenters. The summed E-state index contributed by atoms with van der Waals surface area (Å²) in [5.74, 6) is -0.531. The van der Waals surface area contributed by atoms with Gasteiger partial charge in [0.05, 0.1) is 17.6 Å². The molecule has 3 N–H and O–H groups in total. The molecule has 0 radical (unpaired) electrons. The molecule has 3 aromatic carbocycles. The van der Waals surface area contributed by atoms with E-state index >= 15 is 0 Å². The van der Waals surface area contributed by atoms with Gasteiger partial charge in [-0.2, -0.15) is 0 Å². The quantitative estimate of drug-likeness (QED) is 0.219. The van der Waals surface area contributed by atoms with Crippen molar-refractivity contribution in [1.29, 1.82) is 0 Å². The number of fused-ring (bicyclic) bond motifs is 1. The van der Waals surface area contributed by atoms with Crippen molar-refractivity contribution in [3.63, 3.8) is 0 Å². The summed E-state index contributed by atoms with van der Waals surface area (Å²) >= 11 is 0. The van der Waals surface area contributed by atoms with E-state index in [2.05, 4.69) is 78.0 Å². The lowest BCUT2D eigenvalue weighted by atomic mass is 9.71.